The minimum Gasteiger partial charge on any atom is -0.325 e. The van der Waals surface area contributed by atoms with Crippen molar-refractivity contribution in [1.82, 2.24) is 4.90 Å². The number of nitrogens with zero attached hydrogens (tertiary/aromatic N) is 1. The van der Waals surface area contributed by atoms with Crippen LogP contribution in [0.3, 0.4) is 0 Å². The number of Topliss-reactive ketones (excluding diaryl/α,β-unsaturated/α-hetero) is 1. The monoisotopic (exact) mass is 378 g/mol. The lowest BCUT2D eigenvalue weighted by Crippen LogP contribution is -2.39. The summed E-state index contributed by atoms with van der Waals surface area (Å²) in [6.07, 6.45) is 0. The molecule has 0 bridgehead atoms. The zero-order chi connectivity index (χ0) is 18.6. The van der Waals surface area contributed by atoms with Gasteiger partial charge in [-0.15, -0.1) is 0 Å². The van der Waals surface area contributed by atoms with Gasteiger partial charge in [0.15, 0.2) is 5.78 Å². The van der Waals surface area contributed by atoms with E-state index in [0.717, 1.165) is 5.56 Å². The van der Waals surface area contributed by atoms with Crippen molar-refractivity contribution >= 4 is 40.6 Å². The number of carbonyl (C=O) groups excluding carboxylic acids is 2. The molecule has 1 amide bonds. The van der Waals surface area contributed by atoms with Crippen molar-refractivity contribution in [3.8, 4) is 0 Å². The molecule has 2 aromatic carbocycles. The van der Waals surface area contributed by atoms with Crippen LogP contribution in [0, 0.1) is 0 Å². The average molecular weight is 379 g/mol. The normalized spacial score (nSPS) is 12.1. The SMILES string of the molecule is CC(=O)c1cccc(NC(=O)[C@@H](C)N(C)Cc2ccc(Cl)c(Cl)c2)c1. The van der Waals surface area contributed by atoms with Gasteiger partial charge in [-0.25, -0.2) is 0 Å². The molecular formula is C19H20Cl2N2O2. The van der Waals surface area contributed by atoms with Crippen molar-refractivity contribution in [3.63, 3.8) is 0 Å². The smallest absolute Gasteiger partial charge is 0.241 e. The van der Waals surface area contributed by atoms with E-state index in [2.05, 4.69) is 5.32 Å². The maximum Gasteiger partial charge on any atom is 0.241 e. The Kier molecular flexibility index (Phi) is 6.59. The maximum atomic E-state index is 12.5. The van der Waals surface area contributed by atoms with Gasteiger partial charge in [0.2, 0.25) is 5.91 Å². The molecule has 25 heavy (non-hydrogen) atoms. The molecule has 0 saturated carbocycles. The molecule has 2 rings (SSSR count). The second-order valence-electron chi connectivity index (χ2n) is 5.97. The molecular weight excluding hydrogens is 359 g/mol. The van der Waals surface area contributed by atoms with Gasteiger partial charge in [-0.2, -0.15) is 0 Å². The lowest BCUT2D eigenvalue weighted by molar-refractivity contribution is -0.120. The molecule has 0 aliphatic carbocycles. The molecule has 0 radical (unpaired) electrons. The molecule has 2 aromatic rings. The first-order chi connectivity index (χ1) is 11.8. The fourth-order valence-electron chi connectivity index (χ4n) is 2.33. The Morgan fingerprint density at radius 1 is 1.12 bits per heavy atom. The second-order valence-corrected chi connectivity index (χ2v) is 6.78. The topological polar surface area (TPSA) is 49.4 Å². The second kappa shape index (κ2) is 8.48. The summed E-state index contributed by atoms with van der Waals surface area (Å²) in [4.78, 5) is 25.8. The molecule has 0 aromatic heterocycles. The fourth-order valence-corrected chi connectivity index (χ4v) is 2.65. The Hall–Kier alpha value is -1.88. The highest BCUT2D eigenvalue weighted by Crippen LogP contribution is 2.23. The van der Waals surface area contributed by atoms with Crippen LogP contribution in [0.4, 0.5) is 5.69 Å². The molecule has 132 valence electrons. The largest absolute Gasteiger partial charge is 0.325 e. The van der Waals surface area contributed by atoms with E-state index in [4.69, 9.17) is 23.2 Å². The van der Waals surface area contributed by atoms with E-state index in [-0.39, 0.29) is 17.7 Å². The van der Waals surface area contributed by atoms with Crippen LogP contribution >= 0.6 is 23.2 Å². The van der Waals surface area contributed by atoms with E-state index < -0.39 is 0 Å². The minimum absolute atomic E-state index is 0.0408. The number of nitrogens with one attached hydrogen (secondary N) is 1. The number of rotatable bonds is 6. The first-order valence-electron chi connectivity index (χ1n) is 7.84. The van der Waals surface area contributed by atoms with Crippen molar-refractivity contribution in [2.45, 2.75) is 26.4 Å². The lowest BCUT2D eigenvalue weighted by Gasteiger charge is -2.24. The number of anilines is 1. The Balaban J connectivity index is 2.02. The van der Waals surface area contributed by atoms with Gasteiger partial charge in [-0.05, 0) is 50.7 Å². The molecule has 0 spiro atoms. The van der Waals surface area contributed by atoms with E-state index in [0.29, 0.717) is 27.8 Å². The van der Waals surface area contributed by atoms with Crippen molar-refractivity contribution in [2.24, 2.45) is 0 Å². The third kappa shape index (κ3) is 5.30. The molecule has 0 heterocycles. The summed E-state index contributed by atoms with van der Waals surface area (Å²) in [6.45, 7) is 3.87. The van der Waals surface area contributed by atoms with E-state index in [9.17, 15) is 9.59 Å². The number of hydrogen-bond acceptors (Lipinski definition) is 3. The number of halogens is 2. The highest BCUT2D eigenvalue weighted by Gasteiger charge is 2.19. The zero-order valence-electron chi connectivity index (χ0n) is 14.3. The average Bonchev–Trinajstić information content (AvgIpc) is 2.57. The standard InChI is InChI=1S/C19H20Cl2N2O2/c1-12(23(3)11-14-7-8-17(20)18(21)9-14)19(25)22-16-6-4-5-15(10-16)13(2)24/h4-10,12H,11H2,1-3H3,(H,22,25)/t12-/m1/s1. The van der Waals surface area contributed by atoms with Crippen LogP contribution in [-0.4, -0.2) is 29.7 Å². The molecule has 1 atom stereocenters. The third-order valence-corrected chi connectivity index (χ3v) is 4.73. The van der Waals surface area contributed by atoms with E-state index in [1.54, 1.807) is 36.4 Å². The molecule has 4 nitrogen and oxygen atoms in total. The molecule has 0 aliphatic rings. The van der Waals surface area contributed by atoms with Gasteiger partial charge < -0.3 is 5.32 Å². The van der Waals surface area contributed by atoms with Crippen LogP contribution in [0.1, 0.15) is 29.8 Å². The van der Waals surface area contributed by atoms with Crippen LogP contribution in [0.5, 0.6) is 0 Å². The van der Waals surface area contributed by atoms with Crippen molar-refractivity contribution in [2.75, 3.05) is 12.4 Å². The first-order valence-corrected chi connectivity index (χ1v) is 8.59. The third-order valence-electron chi connectivity index (χ3n) is 3.99. The summed E-state index contributed by atoms with van der Waals surface area (Å²) in [6, 6.07) is 11.9. The number of amides is 1. The van der Waals surface area contributed by atoms with Gasteiger partial charge in [-0.3, -0.25) is 14.5 Å². The summed E-state index contributed by atoms with van der Waals surface area (Å²) < 4.78 is 0. The Labute approximate surface area is 157 Å². The van der Waals surface area contributed by atoms with E-state index in [1.165, 1.54) is 6.92 Å². The fraction of sp³-hybridized carbons (Fsp3) is 0.263. The van der Waals surface area contributed by atoms with Gasteiger partial charge in [0.05, 0.1) is 16.1 Å². The minimum atomic E-state index is -0.365. The zero-order valence-corrected chi connectivity index (χ0v) is 15.9. The number of hydrogen-bond donors (Lipinski definition) is 1. The molecule has 0 fully saturated rings. The predicted molar refractivity (Wildman–Crippen MR) is 102 cm³/mol. The van der Waals surface area contributed by atoms with Crippen molar-refractivity contribution in [1.29, 1.82) is 0 Å². The molecule has 6 heteroatoms. The number of carbonyl (C=O) groups is 2. The summed E-state index contributed by atoms with van der Waals surface area (Å²) in [5.74, 6) is -0.191. The molecule has 0 unspecified atom stereocenters. The highest BCUT2D eigenvalue weighted by atomic mass is 35.5. The van der Waals surface area contributed by atoms with E-state index >= 15 is 0 Å². The summed E-state index contributed by atoms with van der Waals surface area (Å²) in [5, 5.41) is 3.84. The Bertz CT molecular complexity index is 793. The maximum absolute atomic E-state index is 12.5. The highest BCUT2D eigenvalue weighted by molar-refractivity contribution is 6.42. The Morgan fingerprint density at radius 2 is 1.84 bits per heavy atom. The van der Waals surface area contributed by atoms with Gasteiger partial charge in [0.1, 0.15) is 0 Å². The lowest BCUT2D eigenvalue weighted by atomic mass is 10.1. The van der Waals surface area contributed by atoms with Gasteiger partial charge in [0, 0.05) is 17.8 Å². The number of ketones is 1. The number of benzene rings is 2. The van der Waals surface area contributed by atoms with Crippen LogP contribution in [0.2, 0.25) is 10.0 Å². The predicted octanol–water partition coefficient (Wildman–Crippen LogP) is 4.66. The van der Waals surface area contributed by atoms with Gasteiger partial charge >= 0.3 is 0 Å². The molecule has 0 aliphatic heterocycles. The van der Waals surface area contributed by atoms with Crippen molar-refractivity contribution in [3.05, 3.63) is 63.6 Å². The van der Waals surface area contributed by atoms with Gasteiger partial charge in [0.25, 0.3) is 0 Å². The van der Waals surface area contributed by atoms with Crippen molar-refractivity contribution < 1.29 is 9.59 Å². The summed E-state index contributed by atoms with van der Waals surface area (Å²) >= 11 is 12.0. The van der Waals surface area contributed by atoms with Crippen LogP contribution in [-0.2, 0) is 11.3 Å². The molecule has 1 N–H and O–H groups in total. The Morgan fingerprint density at radius 3 is 2.48 bits per heavy atom. The van der Waals surface area contributed by atoms with Crippen LogP contribution < -0.4 is 5.32 Å². The first kappa shape index (κ1) is 19.4. The van der Waals surface area contributed by atoms with Crippen LogP contribution in [0.25, 0.3) is 0 Å². The quantitative estimate of drug-likeness (QED) is 0.743. The molecule has 0 saturated heterocycles. The summed E-state index contributed by atoms with van der Waals surface area (Å²) in [7, 11) is 1.86. The van der Waals surface area contributed by atoms with Crippen LogP contribution in [0.15, 0.2) is 42.5 Å². The van der Waals surface area contributed by atoms with E-state index in [1.807, 2.05) is 24.9 Å². The summed E-state index contributed by atoms with van der Waals surface area (Å²) in [5.41, 5.74) is 2.14. The number of likely N-dealkylation sites (N-methyl/N-ethyl adjacent to an activating group) is 1. The van der Waals surface area contributed by atoms with Gasteiger partial charge in [-0.1, -0.05) is 41.4 Å².